The zero-order chi connectivity index (χ0) is 7.02. The highest BCUT2D eigenvalue weighted by molar-refractivity contribution is 5.75. The minimum Gasteiger partial charge on any atom is -0.479 e. The van der Waals surface area contributed by atoms with Gasteiger partial charge < -0.3 is 9.84 Å². The molecule has 3 nitrogen and oxygen atoms in total. The average Bonchev–Trinajstić information content (AvgIpc) is 2.39. The monoisotopic (exact) mass is 130 g/mol. The zero-order valence-electron chi connectivity index (χ0n) is 5.50. The van der Waals surface area contributed by atoms with Gasteiger partial charge in [0, 0.05) is 0 Å². The first kappa shape index (κ1) is 6.55. The number of hydrogen-bond donors (Lipinski definition) is 1. The Hall–Kier alpha value is -0.570. The number of ether oxygens (including phenoxy) is 1. The largest absolute Gasteiger partial charge is 0.479 e. The van der Waals surface area contributed by atoms with Crippen LogP contribution in [0, 0.1) is 5.92 Å². The summed E-state index contributed by atoms with van der Waals surface area (Å²) in [6.45, 7) is 3.90. The molecule has 0 radical (unpaired) electrons. The number of aliphatic carboxylic acids is 1. The van der Waals surface area contributed by atoms with E-state index in [1.807, 2.05) is 13.8 Å². The van der Waals surface area contributed by atoms with Gasteiger partial charge in [0.1, 0.15) is 0 Å². The number of carboxylic acids is 1. The van der Waals surface area contributed by atoms with Gasteiger partial charge in [0.05, 0.1) is 6.10 Å². The van der Waals surface area contributed by atoms with Crippen molar-refractivity contribution >= 4 is 5.97 Å². The third-order valence-electron chi connectivity index (χ3n) is 1.43. The first-order valence-corrected chi connectivity index (χ1v) is 3.01. The highest BCUT2D eigenvalue weighted by atomic mass is 16.6. The predicted octanol–water partition coefficient (Wildman–Crippen LogP) is 0.494. The molecule has 0 aliphatic carbocycles. The molecule has 1 rings (SSSR count). The third-order valence-corrected chi connectivity index (χ3v) is 1.43. The number of rotatable bonds is 2. The van der Waals surface area contributed by atoms with Crippen LogP contribution in [0.4, 0.5) is 0 Å². The van der Waals surface area contributed by atoms with Gasteiger partial charge in [-0.15, -0.1) is 0 Å². The van der Waals surface area contributed by atoms with Crippen LogP contribution in [0.15, 0.2) is 0 Å². The molecule has 3 heteroatoms. The lowest BCUT2D eigenvalue weighted by Crippen LogP contribution is -2.11. The summed E-state index contributed by atoms with van der Waals surface area (Å²) in [4.78, 5) is 10.2. The van der Waals surface area contributed by atoms with E-state index in [1.54, 1.807) is 0 Å². The van der Waals surface area contributed by atoms with Gasteiger partial charge in [0.2, 0.25) is 0 Å². The predicted molar refractivity (Wildman–Crippen MR) is 31.1 cm³/mol. The molecule has 52 valence electrons. The van der Waals surface area contributed by atoms with Gasteiger partial charge in [0.15, 0.2) is 6.10 Å². The molecule has 0 aromatic carbocycles. The third kappa shape index (κ3) is 1.21. The van der Waals surface area contributed by atoms with E-state index < -0.39 is 12.1 Å². The second-order valence-corrected chi connectivity index (χ2v) is 2.60. The Morgan fingerprint density at radius 1 is 1.67 bits per heavy atom. The van der Waals surface area contributed by atoms with E-state index in [0.29, 0.717) is 5.92 Å². The quantitative estimate of drug-likeness (QED) is 0.553. The second-order valence-electron chi connectivity index (χ2n) is 2.60. The first-order chi connectivity index (χ1) is 4.13. The van der Waals surface area contributed by atoms with E-state index in [1.165, 1.54) is 0 Å². The normalized spacial score (nSPS) is 32.8. The van der Waals surface area contributed by atoms with E-state index in [-0.39, 0.29) is 6.10 Å². The lowest BCUT2D eigenvalue weighted by atomic mass is 10.1. The number of carbonyl (C=O) groups is 1. The van der Waals surface area contributed by atoms with E-state index >= 15 is 0 Å². The molecule has 1 aliphatic heterocycles. The van der Waals surface area contributed by atoms with Crippen LogP contribution in [0.1, 0.15) is 13.8 Å². The zero-order valence-corrected chi connectivity index (χ0v) is 5.50. The van der Waals surface area contributed by atoms with Crippen LogP contribution in [0.2, 0.25) is 0 Å². The summed E-state index contributed by atoms with van der Waals surface area (Å²) < 4.78 is 4.84. The summed E-state index contributed by atoms with van der Waals surface area (Å²) in [5, 5.41) is 8.35. The fourth-order valence-corrected chi connectivity index (χ4v) is 0.829. The topological polar surface area (TPSA) is 49.8 Å². The van der Waals surface area contributed by atoms with Crippen LogP contribution in [0.5, 0.6) is 0 Å². The average molecular weight is 130 g/mol. The van der Waals surface area contributed by atoms with Gasteiger partial charge in [-0.2, -0.15) is 0 Å². The summed E-state index contributed by atoms with van der Waals surface area (Å²) in [6, 6.07) is 0. The molecular formula is C6H10O3. The van der Waals surface area contributed by atoms with E-state index in [2.05, 4.69) is 0 Å². The number of carboxylic acid groups (broad SMARTS) is 1. The van der Waals surface area contributed by atoms with Crippen molar-refractivity contribution in [2.24, 2.45) is 5.92 Å². The maximum Gasteiger partial charge on any atom is 0.335 e. The van der Waals surface area contributed by atoms with Crippen LogP contribution in [0.25, 0.3) is 0 Å². The van der Waals surface area contributed by atoms with Crippen molar-refractivity contribution in [1.82, 2.24) is 0 Å². The maximum absolute atomic E-state index is 10.2. The van der Waals surface area contributed by atoms with Crippen molar-refractivity contribution in [2.75, 3.05) is 0 Å². The maximum atomic E-state index is 10.2. The standard InChI is InChI=1S/C6H10O3/c1-3(2)4-5(9-4)6(7)8/h3-5H,1-2H3,(H,7,8)/t4-,5+/m1/s1. The Bertz CT molecular complexity index is 130. The van der Waals surface area contributed by atoms with Crippen molar-refractivity contribution < 1.29 is 14.6 Å². The van der Waals surface area contributed by atoms with Crippen LogP contribution in [0.3, 0.4) is 0 Å². The number of epoxide rings is 1. The smallest absolute Gasteiger partial charge is 0.335 e. The Balaban J connectivity index is 2.33. The Morgan fingerprint density at radius 3 is 2.33 bits per heavy atom. The SMILES string of the molecule is CC(C)[C@H]1O[C@@H]1C(=O)O. The second kappa shape index (κ2) is 1.99. The first-order valence-electron chi connectivity index (χ1n) is 3.01. The molecular weight excluding hydrogens is 120 g/mol. The van der Waals surface area contributed by atoms with E-state index in [4.69, 9.17) is 9.84 Å². The lowest BCUT2D eigenvalue weighted by Gasteiger charge is -1.93. The molecule has 2 atom stereocenters. The minimum absolute atomic E-state index is 0.0394. The van der Waals surface area contributed by atoms with Crippen molar-refractivity contribution in [1.29, 1.82) is 0 Å². The Morgan fingerprint density at radius 2 is 2.22 bits per heavy atom. The fourth-order valence-electron chi connectivity index (χ4n) is 0.829. The van der Waals surface area contributed by atoms with Crippen molar-refractivity contribution in [2.45, 2.75) is 26.1 Å². The molecule has 0 aromatic heterocycles. The highest BCUT2D eigenvalue weighted by Gasteiger charge is 2.46. The Labute approximate surface area is 53.6 Å². The van der Waals surface area contributed by atoms with Gasteiger partial charge in [0.25, 0.3) is 0 Å². The minimum atomic E-state index is -0.839. The summed E-state index contributed by atoms with van der Waals surface area (Å²) >= 11 is 0. The van der Waals surface area contributed by atoms with E-state index in [0.717, 1.165) is 0 Å². The van der Waals surface area contributed by atoms with Gasteiger partial charge in [-0.1, -0.05) is 13.8 Å². The lowest BCUT2D eigenvalue weighted by molar-refractivity contribution is -0.138. The summed E-state index contributed by atoms with van der Waals surface area (Å²) in [6.07, 6.45) is -0.563. The van der Waals surface area contributed by atoms with Gasteiger partial charge >= 0.3 is 5.97 Å². The molecule has 0 saturated carbocycles. The van der Waals surface area contributed by atoms with Crippen LogP contribution < -0.4 is 0 Å². The van der Waals surface area contributed by atoms with Crippen molar-refractivity contribution in [3.8, 4) is 0 Å². The van der Waals surface area contributed by atoms with Crippen LogP contribution in [-0.2, 0) is 9.53 Å². The molecule has 1 saturated heterocycles. The Kier molecular flexibility index (Phi) is 1.45. The van der Waals surface area contributed by atoms with Crippen LogP contribution >= 0.6 is 0 Å². The molecule has 1 fully saturated rings. The molecule has 0 spiro atoms. The van der Waals surface area contributed by atoms with Crippen molar-refractivity contribution in [3.63, 3.8) is 0 Å². The fraction of sp³-hybridized carbons (Fsp3) is 0.833. The van der Waals surface area contributed by atoms with Crippen molar-refractivity contribution in [3.05, 3.63) is 0 Å². The summed E-state index contributed by atoms with van der Waals surface area (Å²) in [7, 11) is 0. The molecule has 9 heavy (non-hydrogen) atoms. The van der Waals surface area contributed by atoms with Gasteiger partial charge in [-0.05, 0) is 5.92 Å². The molecule has 0 aromatic rings. The van der Waals surface area contributed by atoms with Gasteiger partial charge in [-0.25, -0.2) is 4.79 Å². The van der Waals surface area contributed by atoms with Crippen LogP contribution in [-0.4, -0.2) is 23.3 Å². The molecule has 1 aliphatic rings. The van der Waals surface area contributed by atoms with E-state index in [9.17, 15) is 4.79 Å². The number of hydrogen-bond acceptors (Lipinski definition) is 2. The summed E-state index contributed by atoms with van der Waals surface area (Å²) in [5.41, 5.74) is 0. The molecule has 1 heterocycles. The molecule has 0 unspecified atom stereocenters. The summed E-state index contributed by atoms with van der Waals surface area (Å²) in [5.74, 6) is -0.514. The highest BCUT2D eigenvalue weighted by Crippen LogP contribution is 2.28. The molecule has 0 bridgehead atoms. The molecule has 0 amide bonds. The van der Waals surface area contributed by atoms with Gasteiger partial charge in [-0.3, -0.25) is 0 Å². The molecule has 1 N–H and O–H groups in total.